The second-order valence-corrected chi connectivity index (χ2v) is 7.41. The van der Waals surface area contributed by atoms with E-state index in [1.165, 1.54) is 12.8 Å². The van der Waals surface area contributed by atoms with Crippen molar-refractivity contribution in [2.75, 3.05) is 25.9 Å². The largest absolute Gasteiger partial charge is 0.340 e. The number of thioether (sulfide) groups is 1. The van der Waals surface area contributed by atoms with Crippen LogP contribution < -0.4 is 0 Å². The number of benzene rings is 1. The highest BCUT2D eigenvalue weighted by molar-refractivity contribution is 8.00. The molecule has 2 bridgehead atoms. The van der Waals surface area contributed by atoms with Gasteiger partial charge in [-0.3, -0.25) is 9.69 Å². The van der Waals surface area contributed by atoms with Gasteiger partial charge in [-0.05, 0) is 50.6 Å². The lowest BCUT2D eigenvalue weighted by atomic mass is 10.1. The van der Waals surface area contributed by atoms with Gasteiger partial charge in [0.25, 0.3) is 0 Å². The fraction of sp³-hybridized carbons (Fsp3) is 0.562. The van der Waals surface area contributed by atoms with Crippen molar-refractivity contribution in [1.82, 2.24) is 9.80 Å². The first-order chi connectivity index (χ1) is 10.1. The fourth-order valence-electron chi connectivity index (χ4n) is 3.30. The molecule has 0 radical (unpaired) electrons. The number of hydrogen-bond acceptors (Lipinski definition) is 3. The van der Waals surface area contributed by atoms with E-state index in [2.05, 4.69) is 16.8 Å². The zero-order valence-electron chi connectivity index (χ0n) is 12.3. The van der Waals surface area contributed by atoms with Gasteiger partial charge < -0.3 is 4.90 Å². The minimum Gasteiger partial charge on any atom is -0.340 e. The number of likely N-dealkylation sites (N-methyl/N-ethyl adjacent to an activating group) is 1. The standard InChI is InChI=1S/C16H21ClN2OS/c1-18-13-4-5-14(18)10-19(9-8-13)16(20)11-21-15-6-2-12(17)3-7-15/h2-3,6-7,13-14H,4-5,8-11H2,1H3/t13-,14+/m0/s1. The van der Waals surface area contributed by atoms with Gasteiger partial charge in [0.15, 0.2) is 0 Å². The number of carbonyl (C=O) groups excluding carboxylic acids is 1. The lowest BCUT2D eigenvalue weighted by Gasteiger charge is -2.25. The molecule has 2 atom stereocenters. The van der Waals surface area contributed by atoms with Gasteiger partial charge in [-0.1, -0.05) is 11.6 Å². The molecule has 2 aliphatic rings. The van der Waals surface area contributed by atoms with E-state index in [-0.39, 0.29) is 5.91 Å². The Hall–Kier alpha value is -0.710. The summed E-state index contributed by atoms with van der Waals surface area (Å²) in [6.45, 7) is 1.80. The van der Waals surface area contributed by atoms with Gasteiger partial charge in [0.05, 0.1) is 5.75 Å². The predicted octanol–water partition coefficient (Wildman–Crippen LogP) is 3.13. The smallest absolute Gasteiger partial charge is 0.232 e. The average Bonchev–Trinajstić information content (AvgIpc) is 2.71. The number of likely N-dealkylation sites (tertiary alicyclic amines) is 1. The molecular formula is C16H21ClN2OS. The Morgan fingerprint density at radius 1 is 1.24 bits per heavy atom. The highest BCUT2D eigenvalue weighted by atomic mass is 35.5. The van der Waals surface area contributed by atoms with Crippen molar-refractivity contribution in [3.05, 3.63) is 29.3 Å². The molecule has 2 saturated heterocycles. The van der Waals surface area contributed by atoms with E-state index in [0.29, 0.717) is 17.8 Å². The number of halogens is 1. The van der Waals surface area contributed by atoms with Gasteiger partial charge in [0, 0.05) is 35.1 Å². The van der Waals surface area contributed by atoms with Crippen molar-refractivity contribution in [1.29, 1.82) is 0 Å². The molecule has 0 aromatic heterocycles. The quantitative estimate of drug-likeness (QED) is 0.798. The van der Waals surface area contributed by atoms with Crippen LogP contribution in [0.3, 0.4) is 0 Å². The van der Waals surface area contributed by atoms with Crippen LogP contribution in [0.2, 0.25) is 5.02 Å². The molecule has 2 aliphatic heterocycles. The molecule has 21 heavy (non-hydrogen) atoms. The zero-order valence-corrected chi connectivity index (χ0v) is 13.9. The summed E-state index contributed by atoms with van der Waals surface area (Å²) in [6.07, 6.45) is 3.64. The van der Waals surface area contributed by atoms with Gasteiger partial charge >= 0.3 is 0 Å². The van der Waals surface area contributed by atoms with E-state index in [1.54, 1.807) is 11.8 Å². The third-order valence-corrected chi connectivity index (χ3v) is 5.93. The number of carbonyl (C=O) groups is 1. The van der Waals surface area contributed by atoms with Crippen LogP contribution in [0.25, 0.3) is 0 Å². The number of fused-ring (bicyclic) bond motifs is 2. The zero-order chi connectivity index (χ0) is 14.8. The highest BCUT2D eigenvalue weighted by Crippen LogP contribution is 2.29. The minimum atomic E-state index is 0.260. The van der Waals surface area contributed by atoms with Crippen molar-refractivity contribution in [2.24, 2.45) is 0 Å². The summed E-state index contributed by atoms with van der Waals surface area (Å²) in [5.41, 5.74) is 0. The molecule has 0 spiro atoms. The summed E-state index contributed by atoms with van der Waals surface area (Å²) in [5.74, 6) is 0.777. The van der Waals surface area contributed by atoms with Crippen molar-refractivity contribution in [2.45, 2.75) is 36.2 Å². The third kappa shape index (κ3) is 3.55. The molecule has 0 aliphatic carbocycles. The second-order valence-electron chi connectivity index (χ2n) is 5.92. The van der Waals surface area contributed by atoms with Gasteiger partial charge in [-0.25, -0.2) is 0 Å². The van der Waals surface area contributed by atoms with Crippen LogP contribution >= 0.6 is 23.4 Å². The SMILES string of the molecule is CN1[C@H]2CC[C@@H]1CN(C(=O)CSc1ccc(Cl)cc1)CC2. The molecule has 1 aromatic carbocycles. The highest BCUT2D eigenvalue weighted by Gasteiger charge is 2.35. The molecule has 3 rings (SSSR count). The maximum absolute atomic E-state index is 12.4. The van der Waals surface area contributed by atoms with Crippen molar-refractivity contribution in [3.8, 4) is 0 Å². The summed E-state index contributed by atoms with van der Waals surface area (Å²) >= 11 is 7.47. The molecule has 2 heterocycles. The van der Waals surface area contributed by atoms with Crippen LogP contribution in [0.5, 0.6) is 0 Å². The van der Waals surface area contributed by atoms with Gasteiger partial charge in [0.1, 0.15) is 0 Å². The lowest BCUT2D eigenvalue weighted by molar-refractivity contribution is -0.128. The first-order valence-electron chi connectivity index (χ1n) is 7.51. The maximum Gasteiger partial charge on any atom is 0.232 e. The van der Waals surface area contributed by atoms with Gasteiger partial charge in [-0.2, -0.15) is 0 Å². The summed E-state index contributed by atoms with van der Waals surface area (Å²) in [6, 6.07) is 8.91. The molecule has 1 aromatic rings. The number of rotatable bonds is 3. The number of nitrogens with zero attached hydrogens (tertiary/aromatic N) is 2. The Bertz CT molecular complexity index is 508. The van der Waals surface area contributed by atoms with Crippen LogP contribution in [0.1, 0.15) is 19.3 Å². The van der Waals surface area contributed by atoms with E-state index in [9.17, 15) is 4.79 Å². The van der Waals surface area contributed by atoms with E-state index in [0.717, 1.165) is 29.4 Å². The molecule has 0 unspecified atom stereocenters. The van der Waals surface area contributed by atoms with Gasteiger partial charge in [0.2, 0.25) is 5.91 Å². The van der Waals surface area contributed by atoms with E-state index >= 15 is 0 Å². The second kappa shape index (κ2) is 6.59. The van der Waals surface area contributed by atoms with E-state index in [1.807, 2.05) is 24.3 Å². The summed E-state index contributed by atoms with van der Waals surface area (Å²) in [7, 11) is 2.21. The molecular weight excluding hydrogens is 304 g/mol. The predicted molar refractivity (Wildman–Crippen MR) is 87.9 cm³/mol. The maximum atomic E-state index is 12.4. The summed E-state index contributed by atoms with van der Waals surface area (Å²) in [4.78, 5) is 18.1. The molecule has 1 amide bonds. The van der Waals surface area contributed by atoms with Crippen LogP contribution in [0, 0.1) is 0 Å². The van der Waals surface area contributed by atoms with Crippen LogP contribution in [0.4, 0.5) is 0 Å². The fourth-order valence-corrected chi connectivity index (χ4v) is 4.23. The first-order valence-corrected chi connectivity index (χ1v) is 8.88. The molecule has 5 heteroatoms. The number of amides is 1. The van der Waals surface area contributed by atoms with Crippen molar-refractivity contribution >= 4 is 29.3 Å². The summed E-state index contributed by atoms with van der Waals surface area (Å²) < 4.78 is 0. The topological polar surface area (TPSA) is 23.6 Å². The molecule has 0 N–H and O–H groups in total. The van der Waals surface area contributed by atoms with Crippen molar-refractivity contribution < 1.29 is 4.79 Å². The monoisotopic (exact) mass is 324 g/mol. The molecule has 3 nitrogen and oxygen atoms in total. The normalized spacial score (nSPS) is 25.9. The van der Waals surface area contributed by atoms with Crippen LogP contribution in [-0.4, -0.2) is 53.7 Å². The molecule has 2 fully saturated rings. The Labute approximate surface area is 135 Å². The third-order valence-electron chi connectivity index (χ3n) is 4.68. The van der Waals surface area contributed by atoms with E-state index in [4.69, 9.17) is 11.6 Å². The molecule has 114 valence electrons. The lowest BCUT2D eigenvalue weighted by Crippen LogP contribution is -2.40. The van der Waals surface area contributed by atoms with Crippen molar-refractivity contribution in [3.63, 3.8) is 0 Å². The minimum absolute atomic E-state index is 0.260. The summed E-state index contributed by atoms with van der Waals surface area (Å²) in [5, 5.41) is 0.734. The van der Waals surface area contributed by atoms with E-state index < -0.39 is 0 Å². The van der Waals surface area contributed by atoms with Crippen LogP contribution in [-0.2, 0) is 4.79 Å². The average molecular weight is 325 g/mol. The van der Waals surface area contributed by atoms with Gasteiger partial charge in [-0.15, -0.1) is 11.8 Å². The Kier molecular flexibility index (Phi) is 4.77. The molecule has 0 saturated carbocycles. The Morgan fingerprint density at radius 2 is 1.95 bits per heavy atom. The Morgan fingerprint density at radius 3 is 2.71 bits per heavy atom. The van der Waals surface area contributed by atoms with Crippen LogP contribution in [0.15, 0.2) is 29.2 Å². The number of hydrogen-bond donors (Lipinski definition) is 0. The first kappa shape index (κ1) is 15.2. The Balaban J connectivity index is 1.54.